The van der Waals surface area contributed by atoms with E-state index in [4.69, 9.17) is 4.74 Å². The van der Waals surface area contributed by atoms with Crippen molar-refractivity contribution in [2.24, 2.45) is 0 Å². The molecule has 1 heterocycles. The number of methoxy groups -OCH3 is 1. The molecule has 3 heteroatoms. The fraction of sp³-hybridized carbons (Fsp3) is 0.333. The van der Waals surface area contributed by atoms with Crippen molar-refractivity contribution >= 4 is 22.6 Å². The summed E-state index contributed by atoms with van der Waals surface area (Å²) in [4.78, 5) is 2.74. The molecule has 3 aromatic rings. The van der Waals surface area contributed by atoms with Crippen LogP contribution in [0, 0.1) is 3.57 Å². The van der Waals surface area contributed by atoms with Crippen LogP contribution in [-0.2, 0) is 13.0 Å². The second-order valence-corrected chi connectivity index (χ2v) is 9.43. The second-order valence-electron chi connectivity index (χ2n) is 8.18. The zero-order valence-corrected chi connectivity index (χ0v) is 20.0. The van der Waals surface area contributed by atoms with Crippen molar-refractivity contribution in [1.29, 1.82) is 0 Å². The van der Waals surface area contributed by atoms with Crippen LogP contribution in [0.3, 0.4) is 0 Å². The first-order chi connectivity index (χ1) is 14.7. The Labute approximate surface area is 194 Å². The standard InChI is InChI=1S/C27H30INO/c1-3-4-13-24-17-22-18-25(30-2)14-15-26(22)27(21-11-8-12-23(28)16-21)29(24)19-20-9-6-5-7-10-20/h5-12,14-16,18,24,27H,3-4,13,17,19H2,1-2H3/t24-,27-/m0/s1. The Balaban J connectivity index is 1.82. The lowest BCUT2D eigenvalue weighted by Crippen LogP contribution is -2.43. The van der Waals surface area contributed by atoms with Gasteiger partial charge in [-0.25, -0.2) is 0 Å². The van der Waals surface area contributed by atoms with Crippen molar-refractivity contribution in [1.82, 2.24) is 4.90 Å². The molecule has 0 N–H and O–H groups in total. The predicted molar refractivity (Wildman–Crippen MR) is 133 cm³/mol. The van der Waals surface area contributed by atoms with E-state index in [2.05, 4.69) is 107 Å². The maximum atomic E-state index is 5.56. The van der Waals surface area contributed by atoms with Gasteiger partial charge < -0.3 is 4.74 Å². The molecule has 30 heavy (non-hydrogen) atoms. The highest BCUT2D eigenvalue weighted by atomic mass is 127. The Kier molecular flexibility index (Phi) is 7.11. The molecular formula is C27H30INO. The highest BCUT2D eigenvalue weighted by Gasteiger charge is 2.35. The topological polar surface area (TPSA) is 12.5 Å². The first-order valence-electron chi connectivity index (χ1n) is 10.9. The summed E-state index contributed by atoms with van der Waals surface area (Å²) < 4.78 is 6.85. The van der Waals surface area contributed by atoms with E-state index < -0.39 is 0 Å². The van der Waals surface area contributed by atoms with Crippen molar-refractivity contribution in [3.8, 4) is 5.75 Å². The molecule has 2 nitrogen and oxygen atoms in total. The van der Waals surface area contributed by atoms with E-state index in [0.29, 0.717) is 6.04 Å². The maximum absolute atomic E-state index is 5.56. The summed E-state index contributed by atoms with van der Waals surface area (Å²) in [6, 6.07) is 27.4. The Morgan fingerprint density at radius 3 is 2.57 bits per heavy atom. The fourth-order valence-corrected chi connectivity index (χ4v) is 5.25. The highest BCUT2D eigenvalue weighted by Crippen LogP contribution is 2.41. The molecule has 0 radical (unpaired) electrons. The van der Waals surface area contributed by atoms with Crippen molar-refractivity contribution in [3.05, 3.63) is 98.6 Å². The normalized spacial score (nSPS) is 18.8. The average Bonchev–Trinajstić information content (AvgIpc) is 2.78. The molecule has 3 aromatic carbocycles. The van der Waals surface area contributed by atoms with Gasteiger partial charge in [-0.1, -0.05) is 68.3 Å². The number of nitrogens with zero attached hydrogens (tertiary/aromatic N) is 1. The van der Waals surface area contributed by atoms with E-state index >= 15 is 0 Å². The van der Waals surface area contributed by atoms with Crippen molar-refractivity contribution in [3.63, 3.8) is 0 Å². The molecule has 1 aliphatic heterocycles. The number of benzene rings is 3. The van der Waals surface area contributed by atoms with Crippen LogP contribution in [0.4, 0.5) is 0 Å². The van der Waals surface area contributed by atoms with Gasteiger partial charge in [0.1, 0.15) is 5.75 Å². The molecule has 0 aromatic heterocycles. The van der Waals surface area contributed by atoms with Crippen molar-refractivity contribution in [2.45, 2.75) is 51.2 Å². The Bertz CT molecular complexity index is 972. The molecule has 2 atom stereocenters. The van der Waals surface area contributed by atoms with E-state index in [1.165, 1.54) is 45.1 Å². The number of hydrogen-bond donors (Lipinski definition) is 0. The van der Waals surface area contributed by atoms with E-state index in [-0.39, 0.29) is 6.04 Å². The summed E-state index contributed by atoms with van der Waals surface area (Å²) in [7, 11) is 1.76. The molecule has 0 saturated carbocycles. The van der Waals surface area contributed by atoms with E-state index in [0.717, 1.165) is 18.7 Å². The first kappa shape index (κ1) is 21.4. The number of fused-ring (bicyclic) bond motifs is 1. The van der Waals surface area contributed by atoms with Gasteiger partial charge in [0.05, 0.1) is 13.2 Å². The molecule has 0 aliphatic carbocycles. The molecule has 0 bridgehead atoms. The monoisotopic (exact) mass is 511 g/mol. The van der Waals surface area contributed by atoms with Crippen LogP contribution in [0.2, 0.25) is 0 Å². The van der Waals surface area contributed by atoms with Gasteiger partial charge in [0.15, 0.2) is 0 Å². The van der Waals surface area contributed by atoms with Gasteiger partial charge in [-0.2, -0.15) is 0 Å². The lowest BCUT2D eigenvalue weighted by Gasteiger charge is -2.44. The predicted octanol–water partition coefficient (Wildman–Crippen LogP) is 7.01. The largest absolute Gasteiger partial charge is 0.497 e. The third kappa shape index (κ3) is 4.73. The van der Waals surface area contributed by atoms with Gasteiger partial charge in [0, 0.05) is 16.2 Å². The van der Waals surface area contributed by atoms with Crippen molar-refractivity contribution in [2.75, 3.05) is 7.11 Å². The summed E-state index contributed by atoms with van der Waals surface area (Å²) in [5.41, 5.74) is 5.61. The third-order valence-electron chi connectivity index (χ3n) is 6.16. The number of ether oxygens (including phenoxy) is 1. The fourth-order valence-electron chi connectivity index (χ4n) is 4.68. The molecular weight excluding hydrogens is 481 g/mol. The van der Waals surface area contributed by atoms with E-state index in [1.807, 2.05) is 0 Å². The van der Waals surface area contributed by atoms with Gasteiger partial charge in [-0.15, -0.1) is 0 Å². The molecule has 1 aliphatic rings. The summed E-state index contributed by atoms with van der Waals surface area (Å²) in [6.45, 7) is 3.26. The second kappa shape index (κ2) is 9.97. The molecule has 4 rings (SSSR count). The third-order valence-corrected chi connectivity index (χ3v) is 6.84. The molecule has 0 spiro atoms. The summed E-state index contributed by atoms with van der Waals surface area (Å²) in [5, 5.41) is 0. The number of halogens is 1. The average molecular weight is 511 g/mol. The summed E-state index contributed by atoms with van der Waals surface area (Å²) in [6.07, 6.45) is 4.79. The zero-order chi connectivity index (χ0) is 20.9. The first-order valence-corrected chi connectivity index (χ1v) is 12.0. The Hall–Kier alpha value is -1.85. The zero-order valence-electron chi connectivity index (χ0n) is 17.9. The minimum Gasteiger partial charge on any atom is -0.497 e. The van der Waals surface area contributed by atoms with Crippen LogP contribution in [0.5, 0.6) is 5.75 Å². The van der Waals surface area contributed by atoms with Crippen LogP contribution in [0.1, 0.15) is 54.5 Å². The van der Waals surface area contributed by atoms with Gasteiger partial charge in [0.25, 0.3) is 0 Å². The lowest BCUT2D eigenvalue weighted by atomic mass is 9.82. The number of unbranched alkanes of at least 4 members (excludes halogenated alkanes) is 1. The molecule has 0 amide bonds. The van der Waals surface area contributed by atoms with Gasteiger partial charge in [-0.05, 0) is 82.0 Å². The minimum absolute atomic E-state index is 0.261. The van der Waals surface area contributed by atoms with E-state index in [1.54, 1.807) is 7.11 Å². The van der Waals surface area contributed by atoms with Crippen LogP contribution in [0.25, 0.3) is 0 Å². The van der Waals surface area contributed by atoms with Crippen LogP contribution in [-0.4, -0.2) is 18.1 Å². The SMILES string of the molecule is CCCC[C@H]1Cc2cc(OC)ccc2[C@H](c2cccc(I)c2)N1Cc1ccccc1. The molecule has 0 saturated heterocycles. The lowest BCUT2D eigenvalue weighted by molar-refractivity contribution is 0.121. The Morgan fingerprint density at radius 1 is 1.00 bits per heavy atom. The smallest absolute Gasteiger partial charge is 0.119 e. The number of hydrogen-bond acceptors (Lipinski definition) is 2. The van der Waals surface area contributed by atoms with Gasteiger partial charge >= 0.3 is 0 Å². The molecule has 0 fully saturated rings. The minimum atomic E-state index is 0.261. The van der Waals surface area contributed by atoms with Crippen molar-refractivity contribution < 1.29 is 4.74 Å². The highest BCUT2D eigenvalue weighted by molar-refractivity contribution is 14.1. The number of rotatable bonds is 7. The van der Waals surface area contributed by atoms with Gasteiger partial charge in [-0.3, -0.25) is 4.90 Å². The van der Waals surface area contributed by atoms with Gasteiger partial charge in [0.2, 0.25) is 0 Å². The van der Waals surface area contributed by atoms with Crippen LogP contribution in [0.15, 0.2) is 72.8 Å². The maximum Gasteiger partial charge on any atom is 0.119 e. The van der Waals surface area contributed by atoms with E-state index in [9.17, 15) is 0 Å². The summed E-state index contributed by atoms with van der Waals surface area (Å²) in [5.74, 6) is 0.959. The molecule has 156 valence electrons. The van der Waals surface area contributed by atoms with Crippen LogP contribution < -0.4 is 4.74 Å². The van der Waals surface area contributed by atoms with Crippen LogP contribution >= 0.6 is 22.6 Å². The summed E-state index contributed by atoms with van der Waals surface area (Å²) >= 11 is 2.43. The quantitative estimate of drug-likeness (QED) is 0.317. The Morgan fingerprint density at radius 2 is 1.83 bits per heavy atom. The molecule has 0 unspecified atom stereocenters.